The van der Waals surface area contributed by atoms with Crippen LogP contribution in [0.5, 0.6) is 0 Å². The summed E-state index contributed by atoms with van der Waals surface area (Å²) >= 11 is 0. The molecule has 0 radical (unpaired) electrons. The normalized spacial score (nSPS) is 22.5. The number of carboxylic acids is 1. The third-order valence-electron chi connectivity index (χ3n) is 3.49. The molecular weight excluding hydrogens is 251 g/mol. The highest BCUT2D eigenvalue weighted by molar-refractivity contribution is 5.98. The summed E-state index contributed by atoms with van der Waals surface area (Å²) in [5.74, 6) is -2.66. The van der Waals surface area contributed by atoms with Gasteiger partial charge in [0.05, 0.1) is 11.5 Å². The number of anilines is 1. The fraction of sp³-hybridized carbons (Fsp3) is 0.385. The minimum Gasteiger partial charge on any atom is -0.481 e. The third kappa shape index (κ3) is 2.52. The van der Waals surface area contributed by atoms with Crippen molar-refractivity contribution in [3.05, 3.63) is 29.6 Å². The van der Waals surface area contributed by atoms with Gasteiger partial charge in [-0.25, -0.2) is 4.39 Å². The number of carbonyl (C=O) groups is 2. The molecular formula is C13H15FN2O3. The summed E-state index contributed by atoms with van der Waals surface area (Å²) in [5, 5.41) is 9.09. The zero-order chi connectivity index (χ0) is 14.2. The lowest BCUT2D eigenvalue weighted by atomic mass is 9.99. The van der Waals surface area contributed by atoms with Crippen molar-refractivity contribution in [2.45, 2.75) is 6.92 Å². The van der Waals surface area contributed by atoms with Crippen LogP contribution in [0.15, 0.2) is 18.2 Å². The minimum atomic E-state index is -0.863. The van der Waals surface area contributed by atoms with Crippen LogP contribution < -0.4 is 10.6 Å². The lowest BCUT2D eigenvalue weighted by Gasteiger charge is -2.20. The summed E-state index contributed by atoms with van der Waals surface area (Å²) in [5.41, 5.74) is 5.80. The molecule has 0 unspecified atom stereocenters. The highest BCUT2D eigenvalue weighted by atomic mass is 19.1. The van der Waals surface area contributed by atoms with Crippen molar-refractivity contribution < 1.29 is 19.1 Å². The fourth-order valence-corrected chi connectivity index (χ4v) is 2.47. The van der Waals surface area contributed by atoms with E-state index in [9.17, 15) is 14.0 Å². The molecule has 0 aliphatic carbocycles. The molecule has 0 saturated carbocycles. The monoisotopic (exact) mass is 266 g/mol. The largest absolute Gasteiger partial charge is 0.481 e. The van der Waals surface area contributed by atoms with Crippen molar-refractivity contribution in [1.82, 2.24) is 0 Å². The van der Waals surface area contributed by atoms with Gasteiger partial charge in [-0.3, -0.25) is 9.59 Å². The van der Waals surface area contributed by atoms with Gasteiger partial charge in [-0.1, -0.05) is 6.92 Å². The van der Waals surface area contributed by atoms with Gasteiger partial charge in [0.25, 0.3) is 5.91 Å². The first-order chi connectivity index (χ1) is 8.90. The van der Waals surface area contributed by atoms with Gasteiger partial charge in [-0.05, 0) is 24.1 Å². The number of carbonyl (C=O) groups excluding carboxylic acids is 1. The molecule has 1 heterocycles. The van der Waals surface area contributed by atoms with Crippen molar-refractivity contribution in [3.63, 3.8) is 0 Å². The molecule has 0 bridgehead atoms. The molecule has 1 aromatic carbocycles. The Bertz CT molecular complexity index is 533. The minimum absolute atomic E-state index is 0.0386. The van der Waals surface area contributed by atoms with E-state index in [2.05, 4.69) is 0 Å². The van der Waals surface area contributed by atoms with E-state index in [1.165, 1.54) is 12.1 Å². The molecule has 1 aromatic rings. The van der Waals surface area contributed by atoms with Crippen LogP contribution in [0.2, 0.25) is 0 Å². The Morgan fingerprint density at radius 3 is 2.63 bits per heavy atom. The molecule has 1 aliphatic heterocycles. The van der Waals surface area contributed by atoms with Gasteiger partial charge in [-0.15, -0.1) is 0 Å². The van der Waals surface area contributed by atoms with Crippen molar-refractivity contribution in [1.29, 1.82) is 0 Å². The number of carboxylic acid groups (broad SMARTS) is 1. The van der Waals surface area contributed by atoms with Crippen LogP contribution >= 0.6 is 0 Å². The predicted octanol–water partition coefficient (Wildman–Crippen LogP) is 1.08. The number of rotatable bonds is 3. The number of hydrogen-bond donors (Lipinski definition) is 2. The number of nitrogens with two attached hydrogens (primary N) is 1. The highest BCUT2D eigenvalue weighted by Crippen LogP contribution is 2.30. The molecule has 1 aliphatic rings. The maximum Gasteiger partial charge on any atom is 0.308 e. The van der Waals surface area contributed by atoms with Crippen molar-refractivity contribution in [2.24, 2.45) is 17.6 Å². The van der Waals surface area contributed by atoms with E-state index in [0.717, 1.165) is 6.07 Å². The highest BCUT2D eigenvalue weighted by Gasteiger charge is 2.35. The first-order valence-electron chi connectivity index (χ1n) is 5.97. The second-order valence-electron chi connectivity index (χ2n) is 4.85. The van der Waals surface area contributed by atoms with Crippen LogP contribution in [0.25, 0.3) is 0 Å². The lowest BCUT2D eigenvalue weighted by Crippen LogP contribution is -2.26. The van der Waals surface area contributed by atoms with Crippen LogP contribution in [-0.4, -0.2) is 30.1 Å². The molecule has 1 fully saturated rings. The van der Waals surface area contributed by atoms with E-state index in [1.54, 1.807) is 4.90 Å². The topological polar surface area (TPSA) is 83.6 Å². The predicted molar refractivity (Wildman–Crippen MR) is 67.4 cm³/mol. The first kappa shape index (κ1) is 13.3. The SMILES string of the molecule is C[C@@H]1CN(c2ccc(F)cc2C(N)=O)C[C@H]1C(=O)O. The number of halogens is 1. The quantitative estimate of drug-likeness (QED) is 0.857. The van der Waals surface area contributed by atoms with Gasteiger partial charge in [0, 0.05) is 18.8 Å². The van der Waals surface area contributed by atoms with Crippen molar-refractivity contribution >= 4 is 17.6 Å². The van der Waals surface area contributed by atoms with Crippen LogP contribution in [-0.2, 0) is 4.79 Å². The lowest BCUT2D eigenvalue weighted by molar-refractivity contribution is -0.142. The van der Waals surface area contributed by atoms with Crippen LogP contribution in [0.3, 0.4) is 0 Å². The summed E-state index contributed by atoms with van der Waals surface area (Å²) in [6, 6.07) is 3.78. The molecule has 5 nitrogen and oxygen atoms in total. The summed E-state index contributed by atoms with van der Waals surface area (Å²) < 4.78 is 13.2. The number of primary amides is 1. The van der Waals surface area contributed by atoms with E-state index in [1.807, 2.05) is 6.92 Å². The van der Waals surface area contributed by atoms with Gasteiger partial charge in [0.2, 0.25) is 0 Å². The van der Waals surface area contributed by atoms with Crippen LogP contribution in [0.4, 0.5) is 10.1 Å². The molecule has 0 aromatic heterocycles. The second-order valence-corrected chi connectivity index (χ2v) is 4.85. The van der Waals surface area contributed by atoms with Crippen LogP contribution in [0.1, 0.15) is 17.3 Å². The van der Waals surface area contributed by atoms with Gasteiger partial charge in [0.1, 0.15) is 5.82 Å². The average Bonchev–Trinajstić information content (AvgIpc) is 2.71. The maximum atomic E-state index is 13.2. The number of hydrogen-bond acceptors (Lipinski definition) is 3. The Morgan fingerprint density at radius 1 is 1.42 bits per heavy atom. The summed E-state index contributed by atoms with van der Waals surface area (Å²) in [4.78, 5) is 24.2. The van der Waals surface area contributed by atoms with E-state index in [-0.39, 0.29) is 11.5 Å². The zero-order valence-corrected chi connectivity index (χ0v) is 10.5. The van der Waals surface area contributed by atoms with Gasteiger partial charge in [0.15, 0.2) is 0 Å². The molecule has 2 atom stereocenters. The summed E-state index contributed by atoms with van der Waals surface area (Å²) in [6.07, 6.45) is 0. The van der Waals surface area contributed by atoms with E-state index in [4.69, 9.17) is 10.8 Å². The first-order valence-corrected chi connectivity index (χ1v) is 5.97. The molecule has 0 spiro atoms. The molecule has 102 valence electrons. The Hall–Kier alpha value is -2.11. The van der Waals surface area contributed by atoms with Crippen molar-refractivity contribution in [3.8, 4) is 0 Å². The number of amides is 1. The van der Waals surface area contributed by atoms with E-state index < -0.39 is 23.6 Å². The van der Waals surface area contributed by atoms with Gasteiger partial charge in [-0.2, -0.15) is 0 Å². The molecule has 19 heavy (non-hydrogen) atoms. The summed E-state index contributed by atoms with van der Waals surface area (Å²) in [7, 11) is 0. The summed E-state index contributed by atoms with van der Waals surface area (Å²) in [6.45, 7) is 2.64. The Balaban J connectivity index is 2.33. The molecule has 1 saturated heterocycles. The number of aliphatic carboxylic acids is 1. The zero-order valence-electron chi connectivity index (χ0n) is 10.5. The van der Waals surface area contributed by atoms with E-state index >= 15 is 0 Å². The Kier molecular flexibility index (Phi) is 3.42. The molecule has 6 heteroatoms. The number of benzene rings is 1. The molecule has 1 amide bonds. The van der Waals surface area contributed by atoms with Crippen molar-refractivity contribution in [2.75, 3.05) is 18.0 Å². The van der Waals surface area contributed by atoms with Crippen LogP contribution in [0, 0.1) is 17.7 Å². The smallest absolute Gasteiger partial charge is 0.308 e. The van der Waals surface area contributed by atoms with Gasteiger partial charge >= 0.3 is 5.97 Å². The molecule has 3 N–H and O–H groups in total. The fourth-order valence-electron chi connectivity index (χ4n) is 2.47. The standard InChI is InChI=1S/C13H15FN2O3/c1-7-5-16(6-10(7)13(18)19)11-3-2-8(14)4-9(11)12(15)17/h2-4,7,10H,5-6H2,1H3,(H2,15,17)(H,18,19)/t7-,10-/m1/s1. The molecule has 2 rings (SSSR count). The second kappa shape index (κ2) is 4.87. The average molecular weight is 266 g/mol. The number of nitrogens with zero attached hydrogens (tertiary/aromatic N) is 1. The third-order valence-corrected chi connectivity index (χ3v) is 3.49. The Morgan fingerprint density at radius 2 is 2.11 bits per heavy atom. The maximum absolute atomic E-state index is 13.2. The van der Waals surface area contributed by atoms with Gasteiger partial charge < -0.3 is 15.7 Å². The Labute approximate surface area is 109 Å². The van der Waals surface area contributed by atoms with E-state index in [0.29, 0.717) is 18.8 Å².